The molecule has 0 unspecified atom stereocenters. The van der Waals surface area contributed by atoms with E-state index in [4.69, 9.17) is 9.15 Å². The predicted molar refractivity (Wildman–Crippen MR) is 151 cm³/mol. The number of halogens is 1. The average molecular weight is 537 g/mol. The van der Waals surface area contributed by atoms with E-state index in [-0.39, 0.29) is 24.0 Å². The SMILES string of the molecule is CCN(CC)CCCOc1ccc2c(c1)c(C1=C(c3cncc4ccoc34)C(=O)NC1=O)cn2C(C)C.Cl. The molecule has 9 heteroatoms. The second-order valence-electron chi connectivity index (χ2n) is 9.51. The topological polar surface area (TPSA) is 89.6 Å². The number of nitrogens with zero attached hydrogens (tertiary/aromatic N) is 3. The van der Waals surface area contributed by atoms with Crippen LogP contribution in [0.2, 0.25) is 0 Å². The van der Waals surface area contributed by atoms with Crippen molar-refractivity contribution in [2.24, 2.45) is 0 Å². The third-order valence-corrected chi connectivity index (χ3v) is 6.97. The number of hydrogen-bond donors (Lipinski definition) is 1. The van der Waals surface area contributed by atoms with Crippen LogP contribution in [0.25, 0.3) is 33.0 Å². The van der Waals surface area contributed by atoms with Gasteiger partial charge in [-0.05, 0) is 57.6 Å². The lowest BCUT2D eigenvalue weighted by Crippen LogP contribution is -2.25. The van der Waals surface area contributed by atoms with Crippen LogP contribution in [0.5, 0.6) is 5.75 Å². The number of aromatic nitrogens is 2. The van der Waals surface area contributed by atoms with Gasteiger partial charge in [-0.15, -0.1) is 12.4 Å². The zero-order chi connectivity index (χ0) is 26.1. The van der Waals surface area contributed by atoms with Gasteiger partial charge < -0.3 is 18.6 Å². The summed E-state index contributed by atoms with van der Waals surface area (Å²) in [7, 11) is 0. The predicted octanol–water partition coefficient (Wildman–Crippen LogP) is 5.46. The molecule has 1 aromatic carbocycles. The molecule has 0 radical (unpaired) electrons. The Morgan fingerprint density at radius 3 is 2.50 bits per heavy atom. The van der Waals surface area contributed by atoms with E-state index in [0.717, 1.165) is 48.1 Å². The third-order valence-electron chi connectivity index (χ3n) is 6.97. The highest BCUT2D eigenvalue weighted by atomic mass is 35.5. The molecule has 5 rings (SSSR count). The standard InChI is InChI=1S/C29H32N4O4.ClH/c1-5-32(6-2)11-7-12-36-20-8-9-24-21(14-20)23(17-33(24)18(3)4)26-25(28(34)31-29(26)35)22-16-30-15-19-10-13-37-27(19)22;/h8-10,13-18H,5-7,11-12H2,1-4H3,(H,31,34,35);1H. The second-order valence-corrected chi connectivity index (χ2v) is 9.51. The summed E-state index contributed by atoms with van der Waals surface area (Å²) in [6.45, 7) is 12.1. The number of rotatable bonds is 10. The Hall–Kier alpha value is -3.62. The highest BCUT2D eigenvalue weighted by Crippen LogP contribution is 2.39. The van der Waals surface area contributed by atoms with Crippen LogP contribution in [0.3, 0.4) is 0 Å². The van der Waals surface area contributed by atoms with Gasteiger partial charge in [-0.3, -0.25) is 19.9 Å². The van der Waals surface area contributed by atoms with Crippen molar-refractivity contribution in [3.63, 3.8) is 0 Å². The molecule has 4 heterocycles. The molecule has 0 saturated heterocycles. The monoisotopic (exact) mass is 536 g/mol. The molecule has 1 N–H and O–H groups in total. The molecular weight excluding hydrogens is 504 g/mol. The van der Waals surface area contributed by atoms with Crippen molar-refractivity contribution in [2.75, 3.05) is 26.2 Å². The zero-order valence-corrected chi connectivity index (χ0v) is 22.9. The summed E-state index contributed by atoms with van der Waals surface area (Å²) in [5.41, 5.74) is 3.26. The normalized spacial score (nSPS) is 13.7. The molecule has 0 saturated carbocycles. The second kappa shape index (κ2) is 11.4. The van der Waals surface area contributed by atoms with Gasteiger partial charge >= 0.3 is 0 Å². The zero-order valence-electron chi connectivity index (χ0n) is 22.1. The number of furan rings is 1. The van der Waals surface area contributed by atoms with Crippen LogP contribution in [0.1, 0.15) is 51.3 Å². The van der Waals surface area contributed by atoms with Gasteiger partial charge in [0.25, 0.3) is 11.8 Å². The Labute approximate surface area is 228 Å². The van der Waals surface area contributed by atoms with Gasteiger partial charge in [0.1, 0.15) is 11.3 Å². The van der Waals surface area contributed by atoms with E-state index in [9.17, 15) is 9.59 Å². The molecule has 2 amide bonds. The fraction of sp³-hybridized carbons (Fsp3) is 0.345. The van der Waals surface area contributed by atoms with Gasteiger partial charge in [0.15, 0.2) is 0 Å². The average Bonchev–Trinajstić information content (AvgIpc) is 3.59. The molecule has 200 valence electrons. The summed E-state index contributed by atoms with van der Waals surface area (Å²) in [6, 6.07) is 7.88. The van der Waals surface area contributed by atoms with Crippen LogP contribution in [0.15, 0.2) is 53.5 Å². The molecule has 4 aromatic rings. The highest BCUT2D eigenvalue weighted by Gasteiger charge is 2.35. The van der Waals surface area contributed by atoms with Crippen LogP contribution in [0, 0.1) is 0 Å². The first-order chi connectivity index (χ1) is 17.9. The number of hydrogen-bond acceptors (Lipinski definition) is 6. The Bertz CT molecular complexity index is 1510. The highest BCUT2D eigenvalue weighted by molar-refractivity contribution is 6.50. The van der Waals surface area contributed by atoms with Crippen molar-refractivity contribution in [2.45, 2.75) is 40.2 Å². The van der Waals surface area contributed by atoms with E-state index >= 15 is 0 Å². The van der Waals surface area contributed by atoms with Gasteiger partial charge in [0, 0.05) is 58.6 Å². The minimum atomic E-state index is -0.458. The van der Waals surface area contributed by atoms with E-state index in [1.807, 2.05) is 24.4 Å². The maximum Gasteiger partial charge on any atom is 0.259 e. The van der Waals surface area contributed by atoms with Crippen molar-refractivity contribution < 1.29 is 18.7 Å². The Morgan fingerprint density at radius 2 is 1.79 bits per heavy atom. The van der Waals surface area contributed by atoms with Crippen molar-refractivity contribution >= 4 is 57.2 Å². The van der Waals surface area contributed by atoms with E-state index in [1.165, 1.54) is 0 Å². The van der Waals surface area contributed by atoms with Crippen LogP contribution < -0.4 is 10.1 Å². The van der Waals surface area contributed by atoms with Gasteiger partial charge in [-0.25, -0.2) is 0 Å². The first-order valence-electron chi connectivity index (χ1n) is 12.8. The fourth-order valence-electron chi connectivity index (χ4n) is 5.01. The lowest BCUT2D eigenvalue weighted by atomic mass is 9.96. The maximum atomic E-state index is 13.2. The third kappa shape index (κ3) is 4.93. The van der Waals surface area contributed by atoms with Gasteiger partial charge in [-0.1, -0.05) is 13.8 Å². The molecule has 0 atom stereocenters. The minimum Gasteiger partial charge on any atom is -0.494 e. The first-order valence-corrected chi connectivity index (χ1v) is 12.8. The number of pyridine rings is 1. The van der Waals surface area contributed by atoms with E-state index in [1.54, 1.807) is 24.7 Å². The molecule has 0 spiro atoms. The van der Waals surface area contributed by atoms with E-state index < -0.39 is 11.8 Å². The van der Waals surface area contributed by atoms with E-state index in [2.05, 4.69) is 47.5 Å². The summed E-state index contributed by atoms with van der Waals surface area (Å²) in [4.78, 5) is 32.9. The molecule has 3 aromatic heterocycles. The van der Waals surface area contributed by atoms with E-state index in [0.29, 0.717) is 28.9 Å². The van der Waals surface area contributed by atoms with Gasteiger partial charge in [-0.2, -0.15) is 0 Å². The van der Waals surface area contributed by atoms with Crippen LogP contribution in [-0.4, -0.2) is 52.5 Å². The van der Waals surface area contributed by atoms with Crippen molar-refractivity contribution in [1.29, 1.82) is 0 Å². The largest absolute Gasteiger partial charge is 0.494 e. The summed E-state index contributed by atoms with van der Waals surface area (Å²) in [5, 5.41) is 4.10. The molecule has 1 aliphatic rings. The molecule has 8 nitrogen and oxygen atoms in total. The summed E-state index contributed by atoms with van der Waals surface area (Å²) >= 11 is 0. The summed E-state index contributed by atoms with van der Waals surface area (Å²) in [5.74, 6) is -0.159. The first kappa shape index (κ1) is 27.4. The molecule has 0 aliphatic carbocycles. The molecule has 1 aliphatic heterocycles. The quantitative estimate of drug-likeness (QED) is 0.214. The summed E-state index contributed by atoms with van der Waals surface area (Å²) < 4.78 is 13.9. The number of fused-ring (bicyclic) bond motifs is 2. The number of ether oxygens (including phenoxy) is 1. The van der Waals surface area contributed by atoms with Crippen LogP contribution in [0.4, 0.5) is 0 Å². The molecule has 0 fully saturated rings. The lowest BCUT2D eigenvalue weighted by Gasteiger charge is -2.17. The smallest absolute Gasteiger partial charge is 0.259 e. The number of carbonyl (C=O) groups is 2. The maximum absolute atomic E-state index is 13.2. The Kier molecular flexibility index (Phi) is 8.23. The van der Waals surface area contributed by atoms with Crippen LogP contribution >= 0.6 is 12.4 Å². The van der Waals surface area contributed by atoms with Crippen LogP contribution in [-0.2, 0) is 9.59 Å². The number of nitrogens with one attached hydrogen (secondary N) is 1. The van der Waals surface area contributed by atoms with Crippen molar-refractivity contribution in [1.82, 2.24) is 19.8 Å². The lowest BCUT2D eigenvalue weighted by molar-refractivity contribution is -0.122. The minimum absolute atomic E-state index is 0. The Morgan fingerprint density at radius 1 is 1.05 bits per heavy atom. The van der Waals surface area contributed by atoms with Gasteiger partial charge in [0.2, 0.25) is 0 Å². The van der Waals surface area contributed by atoms with Gasteiger partial charge in [0.05, 0.1) is 24.0 Å². The number of carbonyl (C=O) groups excluding carboxylic acids is 2. The summed E-state index contributed by atoms with van der Waals surface area (Å²) in [6.07, 6.45) is 7.67. The molecule has 38 heavy (non-hydrogen) atoms. The Balaban J connectivity index is 0.00000336. The molecule has 0 bridgehead atoms. The molecular formula is C29H33ClN4O4. The number of amides is 2. The number of benzene rings is 1. The van der Waals surface area contributed by atoms with Crippen molar-refractivity contribution in [3.05, 3.63) is 60.2 Å². The fourth-order valence-corrected chi connectivity index (χ4v) is 5.01. The van der Waals surface area contributed by atoms with Crippen molar-refractivity contribution in [3.8, 4) is 5.75 Å². The number of imide groups is 1.